The fraction of sp³-hybridized carbons (Fsp3) is 0.111. The normalized spacial score (nSPS) is 17.6. The molecule has 3 rings (SSSR count). The Hall–Kier alpha value is -2.44. The van der Waals surface area contributed by atoms with E-state index in [0.29, 0.717) is 20.7 Å². The average molecular weight is 375 g/mol. The number of phenols is 1. The molecule has 25 heavy (non-hydrogen) atoms. The number of phenolic OH excluding ortho intramolecular Hbond substituents is 1. The van der Waals surface area contributed by atoms with Gasteiger partial charge in [-0.05, 0) is 60.3 Å². The number of hydrogen-bond donors (Lipinski definition) is 1. The first-order chi connectivity index (χ1) is 12.0. The van der Waals surface area contributed by atoms with Gasteiger partial charge in [0.05, 0.1) is 17.7 Å². The smallest absolute Gasteiger partial charge is 0.266 e. The van der Waals surface area contributed by atoms with Crippen molar-refractivity contribution in [2.45, 2.75) is 0 Å². The van der Waals surface area contributed by atoms with Crippen LogP contribution in [0.1, 0.15) is 5.56 Å². The topological polar surface area (TPSA) is 62.1 Å². The zero-order valence-electron chi connectivity index (χ0n) is 13.6. The summed E-state index contributed by atoms with van der Waals surface area (Å²) in [5.41, 5.74) is 1.21. The average Bonchev–Trinajstić information content (AvgIpc) is 2.87. The Morgan fingerprint density at radius 3 is 2.64 bits per heavy atom. The Balaban J connectivity index is 1.90. The summed E-state index contributed by atoms with van der Waals surface area (Å²) in [4.78, 5) is 18.9. The van der Waals surface area contributed by atoms with E-state index in [2.05, 4.69) is 4.99 Å². The van der Waals surface area contributed by atoms with Gasteiger partial charge in [0, 0.05) is 17.6 Å². The second-order valence-electron chi connectivity index (χ2n) is 5.27. The fourth-order valence-corrected chi connectivity index (χ4v) is 3.36. The second kappa shape index (κ2) is 7.21. The first-order valence-corrected chi connectivity index (χ1v) is 8.56. The molecule has 1 aliphatic rings. The van der Waals surface area contributed by atoms with Gasteiger partial charge in [-0.25, -0.2) is 4.99 Å². The molecule has 0 aliphatic carbocycles. The highest BCUT2D eigenvalue weighted by Gasteiger charge is 2.30. The highest BCUT2D eigenvalue weighted by Crippen LogP contribution is 2.35. The van der Waals surface area contributed by atoms with Crippen LogP contribution in [0.4, 0.5) is 5.69 Å². The molecule has 128 valence electrons. The van der Waals surface area contributed by atoms with Gasteiger partial charge in [0.2, 0.25) is 0 Å². The van der Waals surface area contributed by atoms with Crippen LogP contribution in [-0.2, 0) is 4.79 Å². The number of rotatable bonds is 3. The molecule has 0 unspecified atom stereocenters. The van der Waals surface area contributed by atoms with E-state index in [1.807, 2.05) is 24.3 Å². The van der Waals surface area contributed by atoms with Gasteiger partial charge < -0.3 is 9.84 Å². The summed E-state index contributed by atoms with van der Waals surface area (Å²) in [6, 6.07) is 11.9. The van der Waals surface area contributed by atoms with E-state index in [1.165, 1.54) is 22.7 Å². The van der Waals surface area contributed by atoms with E-state index in [9.17, 15) is 9.90 Å². The maximum atomic E-state index is 12.4. The minimum absolute atomic E-state index is 0.0634. The van der Waals surface area contributed by atoms with Gasteiger partial charge in [-0.15, -0.1) is 0 Å². The molecule has 1 N–H and O–H groups in total. The van der Waals surface area contributed by atoms with Gasteiger partial charge in [0.1, 0.15) is 11.5 Å². The zero-order valence-corrected chi connectivity index (χ0v) is 15.1. The molecule has 2 aromatic carbocycles. The number of carbonyl (C=O) groups excluding carboxylic acids is 1. The number of methoxy groups -OCH3 is 1. The van der Waals surface area contributed by atoms with Crippen LogP contribution < -0.4 is 4.74 Å². The molecule has 1 saturated heterocycles. The summed E-state index contributed by atoms with van der Waals surface area (Å²) >= 11 is 7.19. The molecule has 0 spiro atoms. The van der Waals surface area contributed by atoms with Crippen molar-refractivity contribution in [1.82, 2.24) is 4.90 Å². The fourth-order valence-electron chi connectivity index (χ4n) is 2.20. The van der Waals surface area contributed by atoms with Crippen molar-refractivity contribution < 1.29 is 14.6 Å². The Morgan fingerprint density at radius 2 is 1.96 bits per heavy atom. The summed E-state index contributed by atoms with van der Waals surface area (Å²) in [6.45, 7) is 0. The highest BCUT2D eigenvalue weighted by molar-refractivity contribution is 8.18. The van der Waals surface area contributed by atoms with Gasteiger partial charge >= 0.3 is 0 Å². The lowest BCUT2D eigenvalue weighted by Gasteiger charge is -2.07. The third-order valence-electron chi connectivity index (χ3n) is 3.58. The van der Waals surface area contributed by atoms with Crippen molar-refractivity contribution in [2.75, 3.05) is 14.2 Å². The van der Waals surface area contributed by atoms with Gasteiger partial charge in [0.25, 0.3) is 5.91 Å². The summed E-state index contributed by atoms with van der Waals surface area (Å²) in [7, 11) is 3.26. The third-order valence-corrected chi connectivity index (χ3v) is 4.87. The standard InChI is InChI=1S/C18H15ClN2O3S/c1-21-17(23)16(10-11-9-12(19)3-8-15(11)22)25-18(21)20-13-4-6-14(24-2)7-5-13/h3-10,22H,1-2H3/b16-10-,20-18?. The number of aromatic hydroxyl groups is 1. The summed E-state index contributed by atoms with van der Waals surface area (Å²) in [5.74, 6) is 0.620. The van der Waals surface area contributed by atoms with Crippen molar-refractivity contribution in [3.63, 3.8) is 0 Å². The first kappa shape index (κ1) is 17.4. The van der Waals surface area contributed by atoms with Gasteiger partial charge in [-0.1, -0.05) is 11.6 Å². The molecule has 0 atom stereocenters. The summed E-state index contributed by atoms with van der Waals surface area (Å²) < 4.78 is 5.12. The first-order valence-electron chi connectivity index (χ1n) is 7.37. The number of hydrogen-bond acceptors (Lipinski definition) is 5. The molecule has 0 bridgehead atoms. The molecule has 1 amide bonds. The zero-order chi connectivity index (χ0) is 18.0. The van der Waals surface area contributed by atoms with Crippen LogP contribution >= 0.6 is 23.4 Å². The molecule has 7 heteroatoms. The van der Waals surface area contributed by atoms with Crippen LogP contribution in [-0.4, -0.2) is 35.2 Å². The lowest BCUT2D eigenvalue weighted by atomic mass is 10.2. The molecule has 1 aliphatic heterocycles. The number of benzene rings is 2. The number of ether oxygens (including phenoxy) is 1. The van der Waals surface area contributed by atoms with Crippen molar-refractivity contribution in [3.8, 4) is 11.5 Å². The van der Waals surface area contributed by atoms with Gasteiger partial charge in [0.15, 0.2) is 5.17 Å². The quantitative estimate of drug-likeness (QED) is 0.814. The van der Waals surface area contributed by atoms with Crippen LogP contribution in [0.3, 0.4) is 0 Å². The summed E-state index contributed by atoms with van der Waals surface area (Å²) in [6.07, 6.45) is 1.61. The monoisotopic (exact) mass is 374 g/mol. The van der Waals surface area contributed by atoms with Crippen molar-refractivity contribution >= 4 is 46.2 Å². The lowest BCUT2D eigenvalue weighted by molar-refractivity contribution is -0.121. The molecule has 1 heterocycles. The Kier molecular flexibility index (Phi) is 5.01. The molecule has 1 fully saturated rings. The molecular weight excluding hydrogens is 360 g/mol. The molecule has 0 aromatic heterocycles. The van der Waals surface area contributed by atoms with Crippen LogP contribution in [0.15, 0.2) is 52.4 Å². The second-order valence-corrected chi connectivity index (χ2v) is 6.72. The Labute approximate surface area is 154 Å². The molecule has 5 nitrogen and oxygen atoms in total. The van der Waals surface area contributed by atoms with E-state index >= 15 is 0 Å². The number of halogens is 1. The van der Waals surface area contributed by atoms with Crippen molar-refractivity contribution in [1.29, 1.82) is 0 Å². The SMILES string of the molecule is COc1ccc(N=C2S/C(=C\c3cc(Cl)ccc3O)C(=O)N2C)cc1. The van der Waals surface area contributed by atoms with Crippen LogP contribution in [0, 0.1) is 0 Å². The van der Waals surface area contributed by atoms with E-state index in [0.717, 1.165) is 11.4 Å². The maximum absolute atomic E-state index is 12.4. The van der Waals surface area contributed by atoms with Crippen LogP contribution in [0.2, 0.25) is 5.02 Å². The van der Waals surface area contributed by atoms with Crippen LogP contribution in [0.25, 0.3) is 6.08 Å². The van der Waals surface area contributed by atoms with Crippen molar-refractivity contribution in [2.24, 2.45) is 4.99 Å². The number of nitrogens with zero attached hydrogens (tertiary/aromatic N) is 2. The number of amidine groups is 1. The van der Waals surface area contributed by atoms with E-state index in [-0.39, 0.29) is 11.7 Å². The Morgan fingerprint density at radius 1 is 1.24 bits per heavy atom. The largest absolute Gasteiger partial charge is 0.507 e. The maximum Gasteiger partial charge on any atom is 0.266 e. The van der Waals surface area contributed by atoms with Gasteiger partial charge in [-0.2, -0.15) is 0 Å². The predicted molar refractivity (Wildman–Crippen MR) is 102 cm³/mol. The minimum Gasteiger partial charge on any atom is -0.507 e. The predicted octanol–water partition coefficient (Wildman–Crippen LogP) is 4.29. The number of likely N-dealkylation sites (N-methyl/N-ethyl adjacent to an activating group) is 1. The molecule has 2 aromatic rings. The molecular formula is C18H15ClN2O3S. The molecule has 0 saturated carbocycles. The minimum atomic E-state index is -0.184. The molecule has 0 radical (unpaired) electrons. The van der Waals surface area contributed by atoms with E-state index in [1.54, 1.807) is 32.4 Å². The number of amides is 1. The number of aliphatic imine (C=N–C) groups is 1. The van der Waals surface area contributed by atoms with Gasteiger partial charge in [-0.3, -0.25) is 9.69 Å². The summed E-state index contributed by atoms with van der Waals surface area (Å²) in [5, 5.41) is 11.0. The third kappa shape index (κ3) is 3.81. The number of carbonyl (C=O) groups is 1. The highest BCUT2D eigenvalue weighted by atomic mass is 35.5. The van der Waals surface area contributed by atoms with Crippen molar-refractivity contribution in [3.05, 3.63) is 58.0 Å². The van der Waals surface area contributed by atoms with E-state index < -0.39 is 0 Å². The lowest BCUT2D eigenvalue weighted by Crippen LogP contribution is -2.23. The Bertz CT molecular complexity index is 878. The number of thioether (sulfide) groups is 1. The van der Waals surface area contributed by atoms with Crippen LogP contribution in [0.5, 0.6) is 11.5 Å². The van der Waals surface area contributed by atoms with E-state index in [4.69, 9.17) is 16.3 Å².